The molecule has 3 rings (SSSR count). The van der Waals surface area contributed by atoms with Crippen LogP contribution in [0.15, 0.2) is 47.4 Å². The monoisotopic (exact) mass is 377 g/mol. The minimum Gasteiger partial charge on any atom is -0.497 e. The third-order valence-electron chi connectivity index (χ3n) is 3.83. The van der Waals surface area contributed by atoms with E-state index in [4.69, 9.17) is 21.1 Å². The summed E-state index contributed by atoms with van der Waals surface area (Å²) in [6.45, 7) is 0. The van der Waals surface area contributed by atoms with Gasteiger partial charge in [-0.15, -0.1) is 11.8 Å². The molecular formula is C18H16ClNO4S. The highest BCUT2D eigenvalue weighted by atomic mass is 35.5. The first-order valence-corrected chi connectivity index (χ1v) is 8.80. The molecular weight excluding hydrogens is 362 g/mol. The summed E-state index contributed by atoms with van der Waals surface area (Å²) < 4.78 is 10.5. The summed E-state index contributed by atoms with van der Waals surface area (Å²) >= 11 is 7.23. The van der Waals surface area contributed by atoms with Gasteiger partial charge < -0.3 is 9.47 Å². The van der Waals surface area contributed by atoms with Crippen LogP contribution in [-0.4, -0.2) is 31.3 Å². The Bertz CT molecular complexity index is 809. The number of benzene rings is 2. The van der Waals surface area contributed by atoms with Gasteiger partial charge in [0, 0.05) is 22.4 Å². The average Bonchev–Trinajstić information content (AvgIpc) is 2.90. The second-order valence-corrected chi connectivity index (χ2v) is 7.08. The van der Waals surface area contributed by atoms with Gasteiger partial charge in [-0.1, -0.05) is 11.6 Å². The summed E-state index contributed by atoms with van der Waals surface area (Å²) in [7, 11) is 3.03. The van der Waals surface area contributed by atoms with Crippen molar-refractivity contribution < 1.29 is 19.1 Å². The van der Waals surface area contributed by atoms with Crippen molar-refractivity contribution in [3.05, 3.63) is 47.5 Å². The van der Waals surface area contributed by atoms with Crippen molar-refractivity contribution in [2.45, 2.75) is 16.6 Å². The van der Waals surface area contributed by atoms with Crippen molar-refractivity contribution >= 4 is 40.9 Å². The molecule has 130 valence electrons. The van der Waals surface area contributed by atoms with Crippen LogP contribution >= 0.6 is 23.4 Å². The van der Waals surface area contributed by atoms with Crippen LogP contribution in [-0.2, 0) is 9.59 Å². The van der Waals surface area contributed by atoms with E-state index in [9.17, 15) is 9.59 Å². The lowest BCUT2D eigenvalue weighted by Gasteiger charge is -2.18. The van der Waals surface area contributed by atoms with Gasteiger partial charge in [-0.3, -0.25) is 9.59 Å². The Morgan fingerprint density at radius 3 is 2.44 bits per heavy atom. The summed E-state index contributed by atoms with van der Waals surface area (Å²) in [5.74, 6) is 0.498. The number of carbonyl (C=O) groups is 2. The number of imide groups is 1. The molecule has 1 saturated heterocycles. The van der Waals surface area contributed by atoms with Crippen LogP contribution in [0.2, 0.25) is 5.02 Å². The topological polar surface area (TPSA) is 55.8 Å². The number of carbonyl (C=O) groups excluding carboxylic acids is 2. The van der Waals surface area contributed by atoms with Gasteiger partial charge in [-0.05, 0) is 36.4 Å². The van der Waals surface area contributed by atoms with E-state index in [1.807, 2.05) is 12.1 Å². The molecule has 2 aromatic rings. The van der Waals surface area contributed by atoms with Gasteiger partial charge in [0.25, 0.3) is 0 Å². The van der Waals surface area contributed by atoms with E-state index >= 15 is 0 Å². The van der Waals surface area contributed by atoms with Crippen LogP contribution in [0, 0.1) is 0 Å². The maximum absolute atomic E-state index is 12.8. The van der Waals surface area contributed by atoms with Gasteiger partial charge >= 0.3 is 0 Å². The molecule has 0 spiro atoms. The second-order valence-electron chi connectivity index (χ2n) is 5.37. The molecule has 2 amide bonds. The Kier molecular flexibility index (Phi) is 5.20. The van der Waals surface area contributed by atoms with Crippen molar-refractivity contribution in [2.75, 3.05) is 19.1 Å². The van der Waals surface area contributed by atoms with E-state index < -0.39 is 5.25 Å². The van der Waals surface area contributed by atoms with Crippen LogP contribution in [0.4, 0.5) is 5.69 Å². The smallest absolute Gasteiger partial charge is 0.247 e. The van der Waals surface area contributed by atoms with Gasteiger partial charge in [-0.25, -0.2) is 4.90 Å². The zero-order valence-electron chi connectivity index (χ0n) is 13.7. The first-order chi connectivity index (χ1) is 12.0. The number of nitrogens with zero attached hydrogens (tertiary/aromatic N) is 1. The molecule has 2 aromatic carbocycles. The lowest BCUT2D eigenvalue weighted by Crippen LogP contribution is -2.31. The fourth-order valence-electron chi connectivity index (χ4n) is 2.60. The molecule has 0 bridgehead atoms. The number of hydrogen-bond acceptors (Lipinski definition) is 5. The molecule has 0 N–H and O–H groups in total. The predicted octanol–water partition coefficient (Wildman–Crippen LogP) is 3.78. The lowest BCUT2D eigenvalue weighted by molar-refractivity contribution is -0.121. The molecule has 1 aliphatic rings. The standard InChI is InChI=1S/C18H16ClNO4S/c1-23-12-5-8-14(15(9-12)24-2)20-17(21)10-16(18(20)22)25-13-6-3-11(19)4-7-13/h3-9,16H,10H2,1-2H3/t16-/m1/s1. The number of rotatable bonds is 5. The van der Waals surface area contributed by atoms with Gasteiger partial charge in [0.05, 0.1) is 25.2 Å². The Balaban J connectivity index is 1.85. The summed E-state index contributed by atoms with van der Waals surface area (Å²) in [5, 5.41) is 0.156. The maximum Gasteiger partial charge on any atom is 0.247 e. The summed E-state index contributed by atoms with van der Waals surface area (Å²) in [6.07, 6.45) is 0.140. The van der Waals surface area contributed by atoms with Crippen LogP contribution < -0.4 is 14.4 Å². The van der Waals surface area contributed by atoms with E-state index in [-0.39, 0.29) is 18.2 Å². The highest BCUT2D eigenvalue weighted by Crippen LogP contribution is 2.39. The molecule has 25 heavy (non-hydrogen) atoms. The lowest BCUT2D eigenvalue weighted by atomic mass is 10.2. The van der Waals surface area contributed by atoms with E-state index in [2.05, 4.69) is 0 Å². The first kappa shape index (κ1) is 17.6. The van der Waals surface area contributed by atoms with Crippen LogP contribution in [0.5, 0.6) is 11.5 Å². The minimum atomic E-state index is -0.472. The molecule has 0 unspecified atom stereocenters. The Morgan fingerprint density at radius 2 is 1.80 bits per heavy atom. The molecule has 1 atom stereocenters. The number of methoxy groups -OCH3 is 2. The van der Waals surface area contributed by atoms with Gasteiger partial charge in [0.15, 0.2) is 0 Å². The van der Waals surface area contributed by atoms with E-state index in [0.29, 0.717) is 22.2 Å². The van der Waals surface area contributed by atoms with Crippen molar-refractivity contribution in [1.82, 2.24) is 0 Å². The minimum absolute atomic E-state index is 0.140. The normalized spacial score (nSPS) is 17.1. The molecule has 5 nitrogen and oxygen atoms in total. The van der Waals surface area contributed by atoms with Crippen molar-refractivity contribution in [2.24, 2.45) is 0 Å². The Labute approximate surface area is 154 Å². The quantitative estimate of drug-likeness (QED) is 0.742. The van der Waals surface area contributed by atoms with E-state index in [1.165, 1.54) is 23.8 Å². The van der Waals surface area contributed by atoms with Crippen LogP contribution in [0.25, 0.3) is 0 Å². The molecule has 1 fully saturated rings. The zero-order valence-corrected chi connectivity index (χ0v) is 15.3. The second kappa shape index (κ2) is 7.37. The van der Waals surface area contributed by atoms with Gasteiger partial charge in [0.1, 0.15) is 11.5 Å². The first-order valence-electron chi connectivity index (χ1n) is 7.54. The Hall–Kier alpha value is -2.18. The largest absolute Gasteiger partial charge is 0.497 e. The zero-order chi connectivity index (χ0) is 18.0. The highest BCUT2D eigenvalue weighted by molar-refractivity contribution is 8.00. The van der Waals surface area contributed by atoms with Crippen LogP contribution in [0.1, 0.15) is 6.42 Å². The fraction of sp³-hybridized carbons (Fsp3) is 0.222. The SMILES string of the molecule is COc1ccc(N2C(=O)C[C@@H](Sc3ccc(Cl)cc3)C2=O)c(OC)c1. The number of hydrogen-bond donors (Lipinski definition) is 0. The molecule has 0 aliphatic carbocycles. The Morgan fingerprint density at radius 1 is 1.08 bits per heavy atom. The number of ether oxygens (including phenoxy) is 2. The number of halogens is 1. The van der Waals surface area contributed by atoms with Gasteiger partial charge in [0.2, 0.25) is 11.8 Å². The molecule has 1 heterocycles. The van der Waals surface area contributed by atoms with Crippen molar-refractivity contribution in [3.63, 3.8) is 0 Å². The van der Waals surface area contributed by atoms with Crippen molar-refractivity contribution in [1.29, 1.82) is 0 Å². The third kappa shape index (κ3) is 3.60. The third-order valence-corrected chi connectivity index (χ3v) is 5.27. The highest BCUT2D eigenvalue weighted by Gasteiger charge is 2.41. The number of anilines is 1. The van der Waals surface area contributed by atoms with Gasteiger partial charge in [-0.2, -0.15) is 0 Å². The van der Waals surface area contributed by atoms with E-state index in [0.717, 1.165) is 4.90 Å². The number of amides is 2. The fourth-order valence-corrected chi connectivity index (χ4v) is 3.78. The molecule has 0 aromatic heterocycles. The maximum atomic E-state index is 12.8. The van der Waals surface area contributed by atoms with Crippen LogP contribution in [0.3, 0.4) is 0 Å². The average molecular weight is 378 g/mol. The number of thioether (sulfide) groups is 1. The molecule has 7 heteroatoms. The molecule has 0 saturated carbocycles. The van der Waals surface area contributed by atoms with Crippen molar-refractivity contribution in [3.8, 4) is 11.5 Å². The molecule has 0 radical (unpaired) electrons. The summed E-state index contributed by atoms with van der Waals surface area (Å²) in [5.41, 5.74) is 0.428. The molecule has 1 aliphatic heterocycles. The summed E-state index contributed by atoms with van der Waals surface area (Å²) in [4.78, 5) is 27.3. The van der Waals surface area contributed by atoms with E-state index in [1.54, 1.807) is 37.4 Å². The summed E-state index contributed by atoms with van der Waals surface area (Å²) in [6, 6.07) is 12.2. The predicted molar refractivity (Wildman–Crippen MR) is 97.8 cm³/mol.